The van der Waals surface area contributed by atoms with Crippen LogP contribution >= 0.6 is 0 Å². The average molecular weight is 375 g/mol. The van der Waals surface area contributed by atoms with Crippen LogP contribution in [0.1, 0.15) is 16.2 Å². The summed E-state index contributed by atoms with van der Waals surface area (Å²) in [5, 5.41) is 14.7. The summed E-state index contributed by atoms with van der Waals surface area (Å²) in [5.74, 6) is -0.0191. The fourth-order valence-electron chi connectivity index (χ4n) is 2.86. The summed E-state index contributed by atoms with van der Waals surface area (Å²) in [5.41, 5.74) is 1.32. The van der Waals surface area contributed by atoms with Gasteiger partial charge in [-0.05, 0) is 37.3 Å². The maximum Gasteiger partial charge on any atom is 0.295 e. The lowest BCUT2D eigenvalue weighted by Gasteiger charge is -2.07. The minimum atomic E-state index is -0.509. The van der Waals surface area contributed by atoms with Crippen molar-refractivity contribution in [2.24, 2.45) is 7.05 Å². The number of hydrogen-bond donors (Lipinski definition) is 1. The summed E-state index contributed by atoms with van der Waals surface area (Å²) >= 11 is 0. The first-order chi connectivity index (χ1) is 13.6. The number of hydrogen-bond acceptors (Lipinski definition) is 5. The molecule has 0 unspecified atom stereocenters. The predicted molar refractivity (Wildman–Crippen MR) is 103 cm³/mol. The molecular formula is C19H17N7O2. The van der Waals surface area contributed by atoms with E-state index in [1.165, 1.54) is 15.4 Å². The summed E-state index contributed by atoms with van der Waals surface area (Å²) in [6, 6.07) is 14.1. The zero-order valence-corrected chi connectivity index (χ0v) is 15.3. The molecule has 0 spiro atoms. The summed E-state index contributed by atoms with van der Waals surface area (Å²) in [6.45, 7) is 1.77. The number of amides is 1. The van der Waals surface area contributed by atoms with Gasteiger partial charge in [-0.25, -0.2) is 9.36 Å². The second kappa shape index (κ2) is 6.95. The van der Waals surface area contributed by atoms with E-state index in [1.807, 2.05) is 30.3 Å². The highest BCUT2D eigenvalue weighted by atomic mass is 16.2. The molecule has 0 radical (unpaired) electrons. The van der Waals surface area contributed by atoms with Crippen LogP contribution in [-0.2, 0) is 7.05 Å². The van der Waals surface area contributed by atoms with Crippen LogP contribution in [-0.4, -0.2) is 35.2 Å². The highest BCUT2D eigenvalue weighted by molar-refractivity contribution is 6.03. The largest absolute Gasteiger partial charge is 0.314 e. The fraction of sp³-hybridized carbons (Fsp3) is 0.105. The lowest BCUT2D eigenvalue weighted by Crippen LogP contribution is -2.23. The first-order valence-electron chi connectivity index (χ1n) is 8.55. The second-order valence-electron chi connectivity index (χ2n) is 6.12. The Morgan fingerprint density at radius 1 is 1.04 bits per heavy atom. The number of rotatable bonds is 4. The van der Waals surface area contributed by atoms with Crippen molar-refractivity contribution in [1.29, 1.82) is 0 Å². The minimum Gasteiger partial charge on any atom is -0.314 e. The number of nitrogens with zero attached hydrogens (tertiary/aromatic N) is 6. The Kier molecular flexibility index (Phi) is 4.32. The van der Waals surface area contributed by atoms with E-state index in [1.54, 1.807) is 43.2 Å². The molecule has 0 aliphatic rings. The molecule has 3 heterocycles. The lowest BCUT2D eigenvalue weighted by atomic mass is 10.3. The molecular weight excluding hydrogens is 358 g/mol. The second-order valence-corrected chi connectivity index (χ2v) is 6.12. The first-order valence-corrected chi connectivity index (χ1v) is 8.55. The third-order valence-corrected chi connectivity index (χ3v) is 4.41. The van der Waals surface area contributed by atoms with E-state index < -0.39 is 5.91 Å². The van der Waals surface area contributed by atoms with Gasteiger partial charge in [-0.2, -0.15) is 5.10 Å². The van der Waals surface area contributed by atoms with E-state index in [2.05, 4.69) is 20.6 Å². The van der Waals surface area contributed by atoms with Gasteiger partial charge in [0.2, 0.25) is 0 Å². The average Bonchev–Trinajstić information content (AvgIpc) is 3.33. The number of nitrogens with one attached hydrogen (secondary N) is 1. The first kappa shape index (κ1) is 17.4. The molecule has 1 amide bonds. The molecule has 1 aromatic carbocycles. The molecule has 0 aliphatic heterocycles. The molecule has 28 heavy (non-hydrogen) atoms. The molecule has 0 atom stereocenters. The van der Waals surface area contributed by atoms with Crippen LogP contribution in [0.25, 0.3) is 11.5 Å². The van der Waals surface area contributed by atoms with Gasteiger partial charge < -0.3 is 5.32 Å². The van der Waals surface area contributed by atoms with Crippen molar-refractivity contribution in [3.63, 3.8) is 0 Å². The van der Waals surface area contributed by atoms with Crippen LogP contribution in [0.5, 0.6) is 0 Å². The van der Waals surface area contributed by atoms with Crippen molar-refractivity contribution >= 4 is 11.6 Å². The van der Waals surface area contributed by atoms with Gasteiger partial charge in [0, 0.05) is 19.4 Å². The zero-order valence-electron chi connectivity index (χ0n) is 15.3. The smallest absolute Gasteiger partial charge is 0.295 e. The van der Waals surface area contributed by atoms with E-state index in [9.17, 15) is 9.59 Å². The topological polar surface area (TPSA) is 99.6 Å². The Hall–Kier alpha value is -4.01. The normalized spacial score (nSPS) is 10.8. The van der Waals surface area contributed by atoms with Crippen LogP contribution in [0, 0.1) is 6.92 Å². The molecule has 0 saturated heterocycles. The quantitative estimate of drug-likeness (QED) is 0.585. The summed E-state index contributed by atoms with van der Waals surface area (Å²) in [4.78, 5) is 25.4. The van der Waals surface area contributed by atoms with Gasteiger partial charge in [-0.3, -0.25) is 14.3 Å². The minimum absolute atomic E-state index is 0.102. The van der Waals surface area contributed by atoms with Crippen molar-refractivity contribution in [3.05, 3.63) is 82.7 Å². The van der Waals surface area contributed by atoms with Crippen molar-refractivity contribution in [1.82, 2.24) is 29.3 Å². The van der Waals surface area contributed by atoms with Crippen molar-refractivity contribution in [2.45, 2.75) is 6.92 Å². The Bertz CT molecular complexity index is 1170. The van der Waals surface area contributed by atoms with Crippen LogP contribution in [0.3, 0.4) is 0 Å². The van der Waals surface area contributed by atoms with Gasteiger partial charge in [-0.1, -0.05) is 18.2 Å². The van der Waals surface area contributed by atoms with Crippen LogP contribution in [0.4, 0.5) is 5.69 Å². The summed E-state index contributed by atoms with van der Waals surface area (Å²) < 4.78 is 4.73. The lowest BCUT2D eigenvalue weighted by molar-refractivity contribution is 0.102. The summed E-state index contributed by atoms with van der Waals surface area (Å²) in [7, 11) is 1.76. The molecule has 1 N–H and O–H groups in total. The molecule has 0 saturated carbocycles. The standard InChI is InChI=1S/C19H17N7O2/c1-13-17(19(28)26(24(13)2)14-7-4-3-5-8-14)21-18(27)15-9-10-16(23-22-15)25-12-6-11-20-25/h3-12H,1-2H3,(H,21,27). The molecule has 0 aliphatic carbocycles. The van der Waals surface area contributed by atoms with Crippen LogP contribution in [0.2, 0.25) is 0 Å². The van der Waals surface area contributed by atoms with Crippen molar-refractivity contribution < 1.29 is 4.79 Å². The Balaban J connectivity index is 1.63. The van der Waals surface area contributed by atoms with Gasteiger partial charge in [0.25, 0.3) is 11.5 Å². The Labute approximate surface area is 159 Å². The Morgan fingerprint density at radius 2 is 1.82 bits per heavy atom. The summed E-state index contributed by atoms with van der Waals surface area (Å²) in [6.07, 6.45) is 3.35. The van der Waals surface area contributed by atoms with Gasteiger partial charge in [-0.15, -0.1) is 10.2 Å². The number of para-hydroxylation sites is 1. The molecule has 4 aromatic rings. The van der Waals surface area contributed by atoms with Gasteiger partial charge in [0.05, 0.1) is 11.4 Å². The number of carbonyl (C=O) groups is 1. The Morgan fingerprint density at radius 3 is 2.46 bits per heavy atom. The molecule has 4 rings (SSSR count). The van der Waals surface area contributed by atoms with Crippen LogP contribution in [0.15, 0.2) is 65.7 Å². The van der Waals surface area contributed by atoms with Gasteiger partial charge in [0.15, 0.2) is 11.5 Å². The molecule has 0 bridgehead atoms. The van der Waals surface area contributed by atoms with Gasteiger partial charge >= 0.3 is 0 Å². The van der Waals surface area contributed by atoms with Crippen molar-refractivity contribution in [2.75, 3.05) is 5.32 Å². The third-order valence-electron chi connectivity index (χ3n) is 4.41. The van der Waals surface area contributed by atoms with E-state index >= 15 is 0 Å². The number of carbonyl (C=O) groups excluding carboxylic acids is 1. The van der Waals surface area contributed by atoms with E-state index in [0.717, 1.165) is 0 Å². The van der Waals surface area contributed by atoms with E-state index in [4.69, 9.17) is 0 Å². The molecule has 9 heteroatoms. The maximum atomic E-state index is 12.9. The highest BCUT2D eigenvalue weighted by Crippen LogP contribution is 2.14. The SMILES string of the molecule is Cc1c(NC(=O)c2ccc(-n3cccn3)nn2)c(=O)n(-c2ccccc2)n1C. The third kappa shape index (κ3) is 2.98. The van der Waals surface area contributed by atoms with E-state index in [0.29, 0.717) is 17.2 Å². The molecule has 9 nitrogen and oxygen atoms in total. The van der Waals surface area contributed by atoms with Gasteiger partial charge in [0.1, 0.15) is 5.69 Å². The molecule has 140 valence electrons. The number of benzene rings is 1. The molecule has 0 fully saturated rings. The number of aromatic nitrogens is 6. The predicted octanol–water partition coefficient (Wildman–Crippen LogP) is 1.71. The zero-order chi connectivity index (χ0) is 19.7. The van der Waals surface area contributed by atoms with Crippen molar-refractivity contribution in [3.8, 4) is 11.5 Å². The van der Waals surface area contributed by atoms with Crippen LogP contribution < -0.4 is 10.9 Å². The monoisotopic (exact) mass is 375 g/mol. The highest BCUT2D eigenvalue weighted by Gasteiger charge is 2.19. The maximum absolute atomic E-state index is 12.9. The fourth-order valence-corrected chi connectivity index (χ4v) is 2.86. The van der Waals surface area contributed by atoms with E-state index in [-0.39, 0.29) is 16.9 Å². The number of anilines is 1. The molecule has 3 aromatic heterocycles.